The van der Waals surface area contributed by atoms with Gasteiger partial charge < -0.3 is 14.8 Å². The molecule has 2 N–H and O–H groups in total. The number of aromatic nitrogens is 2. The van der Waals surface area contributed by atoms with Crippen molar-refractivity contribution in [1.29, 1.82) is 0 Å². The van der Waals surface area contributed by atoms with Gasteiger partial charge in [-0.2, -0.15) is 0 Å². The highest BCUT2D eigenvalue weighted by atomic mass is 16.3. The van der Waals surface area contributed by atoms with Gasteiger partial charge in [-0.1, -0.05) is 0 Å². The van der Waals surface area contributed by atoms with E-state index in [0.717, 1.165) is 25.1 Å². The van der Waals surface area contributed by atoms with E-state index in [-0.39, 0.29) is 12.1 Å². The van der Waals surface area contributed by atoms with E-state index in [1.54, 1.807) is 12.5 Å². The van der Waals surface area contributed by atoms with E-state index in [1.807, 2.05) is 10.6 Å². The van der Waals surface area contributed by atoms with Crippen LogP contribution in [0.15, 0.2) is 23.1 Å². The largest absolute Gasteiger partial charge is 0.432 e. The van der Waals surface area contributed by atoms with E-state index in [1.165, 1.54) is 0 Å². The number of fused-ring (bicyclic) bond motifs is 1. The molecular formula is C10H13N3O2. The Morgan fingerprint density at radius 3 is 3.40 bits per heavy atom. The van der Waals surface area contributed by atoms with Gasteiger partial charge in [0.05, 0.1) is 24.0 Å². The molecule has 1 saturated heterocycles. The first-order valence-corrected chi connectivity index (χ1v) is 5.18. The Hall–Kier alpha value is -1.33. The lowest BCUT2D eigenvalue weighted by Gasteiger charge is -2.28. The van der Waals surface area contributed by atoms with Gasteiger partial charge in [0.2, 0.25) is 0 Å². The highest BCUT2D eigenvalue weighted by Crippen LogP contribution is 2.24. The van der Waals surface area contributed by atoms with Crippen molar-refractivity contribution in [3.05, 3.63) is 24.4 Å². The number of rotatable bonds is 1. The third-order valence-corrected chi connectivity index (χ3v) is 2.92. The zero-order valence-corrected chi connectivity index (χ0v) is 8.26. The molecule has 0 saturated carbocycles. The maximum absolute atomic E-state index is 9.90. The van der Waals surface area contributed by atoms with Crippen molar-refractivity contribution < 1.29 is 9.52 Å². The van der Waals surface area contributed by atoms with Gasteiger partial charge in [-0.25, -0.2) is 4.98 Å². The smallest absolute Gasteiger partial charge is 0.305 e. The van der Waals surface area contributed by atoms with Gasteiger partial charge in [0, 0.05) is 6.20 Å². The number of aliphatic hydroxyl groups is 1. The van der Waals surface area contributed by atoms with E-state index < -0.39 is 0 Å². The number of nitrogens with one attached hydrogen (secondary N) is 1. The monoisotopic (exact) mass is 207 g/mol. The molecule has 2 unspecified atom stereocenters. The summed E-state index contributed by atoms with van der Waals surface area (Å²) >= 11 is 0. The van der Waals surface area contributed by atoms with Crippen LogP contribution in [-0.4, -0.2) is 27.1 Å². The summed E-state index contributed by atoms with van der Waals surface area (Å²) in [6, 6.07) is -0.0358. The van der Waals surface area contributed by atoms with Crippen molar-refractivity contribution in [2.24, 2.45) is 0 Å². The van der Waals surface area contributed by atoms with Crippen LogP contribution in [0.1, 0.15) is 24.6 Å². The summed E-state index contributed by atoms with van der Waals surface area (Å²) in [5.41, 5.74) is 0.964. The first kappa shape index (κ1) is 8.94. The van der Waals surface area contributed by atoms with Gasteiger partial charge in [0.1, 0.15) is 6.26 Å². The lowest BCUT2D eigenvalue weighted by molar-refractivity contribution is 0.0944. The fourth-order valence-corrected chi connectivity index (χ4v) is 2.15. The number of nitrogens with zero attached hydrogens (tertiary/aromatic N) is 2. The summed E-state index contributed by atoms with van der Waals surface area (Å²) in [7, 11) is 0. The summed E-state index contributed by atoms with van der Waals surface area (Å²) < 4.78 is 7.03. The quantitative estimate of drug-likeness (QED) is 0.723. The molecule has 0 spiro atoms. The van der Waals surface area contributed by atoms with Gasteiger partial charge in [-0.15, -0.1) is 0 Å². The van der Waals surface area contributed by atoms with Crippen LogP contribution < -0.4 is 5.32 Å². The Kier molecular flexibility index (Phi) is 2.00. The summed E-state index contributed by atoms with van der Waals surface area (Å²) in [5, 5.41) is 13.2. The molecule has 1 aliphatic rings. The zero-order valence-electron chi connectivity index (χ0n) is 8.26. The van der Waals surface area contributed by atoms with E-state index in [0.29, 0.717) is 5.84 Å². The maximum Gasteiger partial charge on any atom is 0.305 e. The maximum atomic E-state index is 9.90. The Morgan fingerprint density at radius 2 is 2.53 bits per heavy atom. The molecule has 80 valence electrons. The molecule has 5 heteroatoms. The predicted molar refractivity (Wildman–Crippen MR) is 53.4 cm³/mol. The molecule has 2 atom stereocenters. The molecule has 0 radical (unpaired) electrons. The van der Waals surface area contributed by atoms with E-state index in [9.17, 15) is 5.11 Å². The van der Waals surface area contributed by atoms with Crippen LogP contribution in [0.3, 0.4) is 0 Å². The molecule has 0 aliphatic carbocycles. The Balaban J connectivity index is 2.01. The normalized spacial score (nSPS) is 27.3. The zero-order chi connectivity index (χ0) is 10.3. The highest BCUT2D eigenvalue weighted by molar-refractivity contribution is 5.29. The number of oxazole rings is 1. The lowest BCUT2D eigenvalue weighted by atomic mass is 9.99. The van der Waals surface area contributed by atoms with Crippen LogP contribution in [0.4, 0.5) is 0 Å². The predicted octanol–water partition coefficient (Wildman–Crippen LogP) is 0.713. The SMILES string of the molecule is OC1CCCNC1c1cnc2occn12. The summed E-state index contributed by atoms with van der Waals surface area (Å²) in [6.45, 7) is 0.937. The second-order valence-electron chi connectivity index (χ2n) is 3.88. The molecule has 2 aromatic rings. The Bertz CT molecular complexity index is 462. The van der Waals surface area contributed by atoms with E-state index >= 15 is 0 Å². The van der Waals surface area contributed by atoms with Gasteiger partial charge in [0.25, 0.3) is 0 Å². The molecule has 1 fully saturated rings. The standard InChI is InChI=1S/C10H13N3O2/c14-8-2-1-3-11-9(8)7-6-12-10-13(7)4-5-15-10/h4-6,8-9,11,14H,1-3H2. The molecular weight excluding hydrogens is 194 g/mol. The summed E-state index contributed by atoms with van der Waals surface area (Å²) in [4.78, 5) is 4.13. The Morgan fingerprint density at radius 1 is 1.60 bits per heavy atom. The molecule has 0 bridgehead atoms. The molecule has 15 heavy (non-hydrogen) atoms. The molecule has 3 rings (SSSR count). The first-order chi connectivity index (χ1) is 7.36. The first-order valence-electron chi connectivity index (χ1n) is 5.18. The van der Waals surface area contributed by atoms with Gasteiger partial charge in [-0.05, 0) is 19.4 Å². The van der Waals surface area contributed by atoms with Crippen LogP contribution in [0.25, 0.3) is 5.84 Å². The van der Waals surface area contributed by atoms with E-state index in [2.05, 4.69) is 10.3 Å². The molecule has 5 nitrogen and oxygen atoms in total. The molecule has 3 heterocycles. The van der Waals surface area contributed by atoms with Crippen LogP contribution >= 0.6 is 0 Å². The van der Waals surface area contributed by atoms with Gasteiger partial charge in [-0.3, -0.25) is 4.40 Å². The average Bonchev–Trinajstić information content (AvgIpc) is 2.80. The van der Waals surface area contributed by atoms with Crippen molar-refractivity contribution in [1.82, 2.24) is 14.7 Å². The Labute approximate surface area is 86.7 Å². The third kappa shape index (κ3) is 1.35. The average molecular weight is 207 g/mol. The second-order valence-corrected chi connectivity index (χ2v) is 3.88. The fraction of sp³-hybridized carbons (Fsp3) is 0.500. The minimum Gasteiger partial charge on any atom is -0.432 e. The van der Waals surface area contributed by atoms with Crippen LogP contribution in [-0.2, 0) is 0 Å². The van der Waals surface area contributed by atoms with Crippen molar-refractivity contribution in [2.75, 3.05) is 6.54 Å². The van der Waals surface area contributed by atoms with Crippen molar-refractivity contribution in [3.8, 4) is 0 Å². The van der Waals surface area contributed by atoms with Crippen LogP contribution in [0.2, 0.25) is 0 Å². The lowest BCUT2D eigenvalue weighted by Crippen LogP contribution is -2.38. The summed E-state index contributed by atoms with van der Waals surface area (Å²) in [5.74, 6) is 0.574. The van der Waals surface area contributed by atoms with Crippen LogP contribution in [0, 0.1) is 0 Å². The van der Waals surface area contributed by atoms with Crippen molar-refractivity contribution >= 4 is 5.84 Å². The third-order valence-electron chi connectivity index (χ3n) is 2.92. The van der Waals surface area contributed by atoms with E-state index in [4.69, 9.17) is 4.42 Å². The number of aliphatic hydroxyl groups excluding tert-OH is 1. The van der Waals surface area contributed by atoms with Crippen molar-refractivity contribution in [3.63, 3.8) is 0 Å². The minimum absolute atomic E-state index is 0.0358. The summed E-state index contributed by atoms with van der Waals surface area (Å²) in [6.07, 6.45) is 6.69. The van der Waals surface area contributed by atoms with Gasteiger partial charge in [0.15, 0.2) is 0 Å². The minimum atomic E-state index is -0.339. The second kappa shape index (κ2) is 3.36. The molecule has 0 aromatic carbocycles. The molecule has 0 amide bonds. The fourth-order valence-electron chi connectivity index (χ4n) is 2.15. The molecule has 2 aromatic heterocycles. The molecule has 1 aliphatic heterocycles. The number of piperidine rings is 1. The highest BCUT2D eigenvalue weighted by Gasteiger charge is 2.27. The van der Waals surface area contributed by atoms with Crippen molar-refractivity contribution in [2.45, 2.75) is 25.0 Å². The van der Waals surface area contributed by atoms with Crippen LogP contribution in [0.5, 0.6) is 0 Å². The number of hydrogen-bond donors (Lipinski definition) is 2. The number of imidazole rings is 1. The van der Waals surface area contributed by atoms with Gasteiger partial charge >= 0.3 is 5.84 Å². The topological polar surface area (TPSA) is 62.7 Å². The number of hydrogen-bond acceptors (Lipinski definition) is 4.